The Morgan fingerprint density at radius 1 is 1.03 bits per heavy atom. The van der Waals surface area contributed by atoms with Crippen molar-refractivity contribution in [1.82, 2.24) is 5.32 Å². The number of aryl methyl sites for hydroxylation is 1. The number of carbonyl (C=O) groups is 2. The number of carboxylic acid groups (broad SMARTS) is 1. The van der Waals surface area contributed by atoms with Crippen LogP contribution < -0.4 is 5.32 Å². The number of alkyl carbamates (subject to hydrolysis) is 1. The van der Waals surface area contributed by atoms with Gasteiger partial charge in [0.15, 0.2) is 0 Å². The highest BCUT2D eigenvalue weighted by molar-refractivity contribution is 9.10. The molecule has 0 aromatic heterocycles. The predicted molar refractivity (Wildman–Crippen MR) is 122 cm³/mol. The zero-order chi connectivity index (χ0) is 22.0. The molecule has 0 radical (unpaired) electrons. The van der Waals surface area contributed by atoms with E-state index in [-0.39, 0.29) is 18.9 Å². The number of halogens is 1. The van der Waals surface area contributed by atoms with Crippen molar-refractivity contribution in [1.29, 1.82) is 0 Å². The zero-order valence-corrected chi connectivity index (χ0v) is 18.6. The molecule has 0 saturated carbocycles. The predicted octanol–water partition coefficient (Wildman–Crippen LogP) is 5.81. The van der Waals surface area contributed by atoms with Crippen LogP contribution in [0.1, 0.15) is 40.6 Å². The normalized spacial score (nSPS) is 13.2. The number of rotatable bonds is 6. The molecule has 0 bridgehead atoms. The fourth-order valence-corrected chi connectivity index (χ4v) is 4.43. The minimum absolute atomic E-state index is 0.0513. The lowest BCUT2D eigenvalue weighted by Crippen LogP contribution is -2.31. The van der Waals surface area contributed by atoms with Crippen LogP contribution in [-0.4, -0.2) is 23.8 Å². The molecule has 6 heteroatoms. The van der Waals surface area contributed by atoms with Crippen LogP contribution in [0, 0.1) is 6.92 Å². The minimum atomic E-state index is -0.999. The molecule has 1 amide bonds. The second kappa shape index (κ2) is 8.94. The van der Waals surface area contributed by atoms with Crippen LogP contribution in [0.2, 0.25) is 0 Å². The number of hydrogen-bond donors (Lipinski definition) is 2. The number of fused-ring (bicyclic) bond motifs is 3. The standard InChI is InChI=1S/C25H22BrNO4/c1-15-10-11-16(12-22(15)26)23(13-24(28)29)27-25(30)31-14-21-19-8-4-2-6-17(19)18-7-3-5-9-20(18)21/h2-12,21,23H,13-14H2,1H3,(H,27,30)(H,28,29)/t23-/m1/s1. The summed E-state index contributed by atoms with van der Waals surface area (Å²) < 4.78 is 6.43. The molecule has 2 N–H and O–H groups in total. The first kappa shape index (κ1) is 21.1. The number of benzene rings is 3. The van der Waals surface area contributed by atoms with Gasteiger partial charge in [0.05, 0.1) is 12.5 Å². The van der Waals surface area contributed by atoms with Gasteiger partial charge in [0.1, 0.15) is 6.61 Å². The van der Waals surface area contributed by atoms with E-state index in [1.807, 2.05) is 49.4 Å². The Hall–Kier alpha value is -3.12. The average Bonchev–Trinajstić information content (AvgIpc) is 3.07. The maximum Gasteiger partial charge on any atom is 0.407 e. The molecule has 5 nitrogen and oxygen atoms in total. The van der Waals surface area contributed by atoms with Gasteiger partial charge in [-0.05, 0) is 46.4 Å². The molecule has 4 rings (SSSR count). The van der Waals surface area contributed by atoms with E-state index in [0.717, 1.165) is 32.3 Å². The fraction of sp³-hybridized carbons (Fsp3) is 0.200. The van der Waals surface area contributed by atoms with Crippen molar-refractivity contribution in [3.05, 3.63) is 93.5 Å². The smallest absolute Gasteiger partial charge is 0.407 e. The van der Waals surface area contributed by atoms with Crippen molar-refractivity contribution in [3.8, 4) is 11.1 Å². The molecule has 1 aliphatic carbocycles. The monoisotopic (exact) mass is 479 g/mol. The van der Waals surface area contributed by atoms with Crippen LogP contribution in [0.5, 0.6) is 0 Å². The van der Waals surface area contributed by atoms with E-state index in [1.54, 1.807) is 0 Å². The first-order valence-corrected chi connectivity index (χ1v) is 10.8. The summed E-state index contributed by atoms with van der Waals surface area (Å²) in [5, 5.41) is 12.0. The maximum atomic E-state index is 12.6. The summed E-state index contributed by atoms with van der Waals surface area (Å²) in [7, 11) is 0. The molecule has 0 aliphatic heterocycles. The Kier molecular flexibility index (Phi) is 6.09. The highest BCUT2D eigenvalue weighted by atomic mass is 79.9. The molecular weight excluding hydrogens is 458 g/mol. The Morgan fingerprint density at radius 3 is 2.23 bits per heavy atom. The summed E-state index contributed by atoms with van der Waals surface area (Å²) >= 11 is 3.46. The second-order valence-corrected chi connectivity index (χ2v) is 8.48. The molecule has 1 aliphatic rings. The van der Waals surface area contributed by atoms with Crippen LogP contribution in [0.4, 0.5) is 4.79 Å². The Bertz CT molecular complexity index is 1100. The molecule has 1 atom stereocenters. The third-order valence-corrected chi connectivity index (χ3v) is 6.47. The third kappa shape index (κ3) is 4.49. The van der Waals surface area contributed by atoms with Crippen molar-refractivity contribution < 1.29 is 19.4 Å². The number of carboxylic acids is 1. The van der Waals surface area contributed by atoms with Crippen molar-refractivity contribution in [2.75, 3.05) is 6.61 Å². The van der Waals surface area contributed by atoms with E-state index < -0.39 is 18.1 Å². The van der Waals surface area contributed by atoms with Crippen LogP contribution in [0.3, 0.4) is 0 Å². The van der Waals surface area contributed by atoms with Crippen LogP contribution in [0.25, 0.3) is 11.1 Å². The van der Waals surface area contributed by atoms with Crippen LogP contribution in [0.15, 0.2) is 71.2 Å². The third-order valence-electron chi connectivity index (χ3n) is 5.61. The summed E-state index contributed by atoms with van der Waals surface area (Å²) in [5.41, 5.74) is 6.29. The first-order chi connectivity index (χ1) is 14.9. The molecule has 31 heavy (non-hydrogen) atoms. The van der Waals surface area contributed by atoms with E-state index in [1.165, 1.54) is 0 Å². The molecule has 0 saturated heterocycles. The topological polar surface area (TPSA) is 75.6 Å². The summed E-state index contributed by atoms with van der Waals surface area (Å²) in [6.45, 7) is 2.12. The van der Waals surface area contributed by atoms with E-state index in [0.29, 0.717) is 5.56 Å². The zero-order valence-electron chi connectivity index (χ0n) is 17.0. The molecule has 0 spiro atoms. The van der Waals surface area contributed by atoms with Gasteiger partial charge in [-0.1, -0.05) is 76.6 Å². The van der Waals surface area contributed by atoms with Gasteiger partial charge in [-0.25, -0.2) is 4.79 Å². The maximum absolute atomic E-state index is 12.6. The number of nitrogens with one attached hydrogen (secondary N) is 1. The molecule has 3 aromatic rings. The van der Waals surface area contributed by atoms with E-state index in [4.69, 9.17) is 4.74 Å². The van der Waals surface area contributed by atoms with Crippen molar-refractivity contribution in [2.45, 2.75) is 25.3 Å². The van der Waals surface area contributed by atoms with Crippen LogP contribution >= 0.6 is 15.9 Å². The average molecular weight is 480 g/mol. The lowest BCUT2D eigenvalue weighted by Gasteiger charge is -2.20. The van der Waals surface area contributed by atoms with Gasteiger partial charge in [-0.3, -0.25) is 4.79 Å². The highest BCUT2D eigenvalue weighted by Gasteiger charge is 2.29. The summed E-state index contributed by atoms with van der Waals surface area (Å²) in [6.07, 6.45) is -0.871. The minimum Gasteiger partial charge on any atom is -0.481 e. The number of carbonyl (C=O) groups excluding carboxylic acids is 1. The summed E-state index contributed by atoms with van der Waals surface area (Å²) in [4.78, 5) is 24.0. The van der Waals surface area contributed by atoms with Gasteiger partial charge < -0.3 is 15.2 Å². The van der Waals surface area contributed by atoms with Gasteiger partial charge in [-0.2, -0.15) is 0 Å². The molecule has 158 valence electrons. The lowest BCUT2D eigenvalue weighted by atomic mass is 9.98. The molecule has 0 fully saturated rings. The summed E-state index contributed by atoms with van der Waals surface area (Å²) in [5.74, 6) is -1.05. The number of amides is 1. The molecule has 3 aromatic carbocycles. The molecular formula is C25H22BrNO4. The highest BCUT2D eigenvalue weighted by Crippen LogP contribution is 2.44. The van der Waals surface area contributed by atoms with Crippen LogP contribution in [-0.2, 0) is 9.53 Å². The SMILES string of the molecule is Cc1ccc([C@@H](CC(=O)O)NC(=O)OCC2c3ccccc3-c3ccccc32)cc1Br. The Morgan fingerprint density at radius 2 is 1.65 bits per heavy atom. The second-order valence-electron chi connectivity index (χ2n) is 7.63. The van der Waals surface area contributed by atoms with Gasteiger partial charge in [-0.15, -0.1) is 0 Å². The molecule has 0 unspecified atom stereocenters. The van der Waals surface area contributed by atoms with Crippen molar-refractivity contribution >= 4 is 28.0 Å². The number of hydrogen-bond acceptors (Lipinski definition) is 3. The van der Waals surface area contributed by atoms with E-state index >= 15 is 0 Å². The fourth-order valence-electron chi connectivity index (χ4n) is 4.04. The van der Waals surface area contributed by atoms with E-state index in [9.17, 15) is 14.7 Å². The van der Waals surface area contributed by atoms with Gasteiger partial charge in [0.2, 0.25) is 0 Å². The first-order valence-electron chi connectivity index (χ1n) is 10.0. The van der Waals surface area contributed by atoms with Gasteiger partial charge >= 0.3 is 12.1 Å². The number of aliphatic carboxylic acids is 1. The van der Waals surface area contributed by atoms with Gasteiger partial charge in [0, 0.05) is 10.4 Å². The molecule has 0 heterocycles. The summed E-state index contributed by atoms with van der Waals surface area (Å²) in [6, 6.07) is 21.1. The van der Waals surface area contributed by atoms with Crippen molar-refractivity contribution in [3.63, 3.8) is 0 Å². The quantitative estimate of drug-likeness (QED) is 0.467. The Balaban J connectivity index is 1.49. The van der Waals surface area contributed by atoms with E-state index in [2.05, 4.69) is 45.5 Å². The largest absolute Gasteiger partial charge is 0.481 e. The number of ether oxygens (including phenoxy) is 1. The van der Waals surface area contributed by atoms with Crippen molar-refractivity contribution in [2.24, 2.45) is 0 Å². The lowest BCUT2D eigenvalue weighted by molar-refractivity contribution is -0.137. The van der Waals surface area contributed by atoms with Gasteiger partial charge in [0.25, 0.3) is 0 Å². The Labute approximate surface area is 189 Å².